The van der Waals surface area contributed by atoms with Gasteiger partial charge in [-0.1, -0.05) is 12.1 Å². The highest BCUT2D eigenvalue weighted by Crippen LogP contribution is 2.19. The van der Waals surface area contributed by atoms with Gasteiger partial charge in [0.25, 0.3) is 0 Å². The van der Waals surface area contributed by atoms with Crippen molar-refractivity contribution in [2.45, 2.75) is 24.7 Å². The molecule has 1 aromatic rings. The molecule has 1 rings (SSSR count). The summed E-state index contributed by atoms with van der Waals surface area (Å²) in [5.74, 6) is 6.04. The van der Waals surface area contributed by atoms with E-state index in [1.54, 1.807) is 11.8 Å². The summed E-state index contributed by atoms with van der Waals surface area (Å²) in [7, 11) is 0. The number of benzene rings is 1. The lowest BCUT2D eigenvalue weighted by Crippen LogP contribution is -1.99. The van der Waals surface area contributed by atoms with Crippen LogP contribution in [0.5, 0.6) is 0 Å². The van der Waals surface area contributed by atoms with Crippen LogP contribution < -0.4 is 0 Å². The lowest BCUT2D eigenvalue weighted by molar-refractivity contribution is -0.136. The molecule has 0 atom stereocenters. The van der Waals surface area contributed by atoms with Crippen LogP contribution in [0.15, 0.2) is 29.2 Å². The van der Waals surface area contributed by atoms with Gasteiger partial charge in [0.2, 0.25) is 0 Å². The number of carboxylic acid groups (broad SMARTS) is 1. The van der Waals surface area contributed by atoms with Gasteiger partial charge in [0.15, 0.2) is 0 Å². The Morgan fingerprint density at radius 3 is 2.62 bits per heavy atom. The minimum atomic E-state index is -0.793. The first-order valence-corrected chi connectivity index (χ1v) is 6.04. The van der Waals surface area contributed by atoms with Crippen LogP contribution in [-0.2, 0) is 11.2 Å². The molecule has 2 nitrogen and oxygen atoms in total. The van der Waals surface area contributed by atoms with E-state index in [-0.39, 0.29) is 6.42 Å². The van der Waals surface area contributed by atoms with Crippen LogP contribution in [0.25, 0.3) is 0 Å². The third-order valence-corrected chi connectivity index (χ3v) is 2.97. The number of carbonyl (C=O) groups is 1. The maximum absolute atomic E-state index is 10.5. The maximum Gasteiger partial charge on any atom is 0.307 e. The summed E-state index contributed by atoms with van der Waals surface area (Å²) < 4.78 is 0. The van der Waals surface area contributed by atoms with Crippen LogP contribution >= 0.6 is 11.8 Å². The van der Waals surface area contributed by atoms with Crippen molar-refractivity contribution in [3.63, 3.8) is 0 Å². The van der Waals surface area contributed by atoms with E-state index >= 15 is 0 Å². The SMILES string of the molecule is CC#CCCSc1ccc(CC(=O)O)cc1. The van der Waals surface area contributed by atoms with Crippen LogP contribution in [0.3, 0.4) is 0 Å². The summed E-state index contributed by atoms with van der Waals surface area (Å²) in [4.78, 5) is 11.6. The van der Waals surface area contributed by atoms with Crippen molar-refractivity contribution in [1.29, 1.82) is 0 Å². The van der Waals surface area contributed by atoms with Crippen molar-refractivity contribution in [3.8, 4) is 11.8 Å². The molecule has 0 spiro atoms. The van der Waals surface area contributed by atoms with Crippen molar-refractivity contribution in [2.24, 2.45) is 0 Å². The van der Waals surface area contributed by atoms with E-state index in [0.717, 1.165) is 22.6 Å². The monoisotopic (exact) mass is 234 g/mol. The molecule has 0 unspecified atom stereocenters. The van der Waals surface area contributed by atoms with Gasteiger partial charge in [-0.15, -0.1) is 23.6 Å². The fourth-order valence-corrected chi connectivity index (χ4v) is 1.99. The predicted octanol–water partition coefficient (Wildman–Crippen LogP) is 2.82. The third-order valence-electron chi connectivity index (χ3n) is 1.95. The smallest absolute Gasteiger partial charge is 0.307 e. The van der Waals surface area contributed by atoms with Gasteiger partial charge in [0.05, 0.1) is 6.42 Å². The van der Waals surface area contributed by atoms with E-state index in [1.807, 2.05) is 31.2 Å². The molecule has 0 saturated heterocycles. The molecule has 0 radical (unpaired) electrons. The number of hydrogen-bond acceptors (Lipinski definition) is 2. The summed E-state index contributed by atoms with van der Waals surface area (Å²) in [6.45, 7) is 1.84. The van der Waals surface area contributed by atoms with Gasteiger partial charge >= 0.3 is 5.97 Å². The number of thioether (sulfide) groups is 1. The second kappa shape index (κ2) is 6.97. The van der Waals surface area contributed by atoms with Crippen molar-refractivity contribution < 1.29 is 9.90 Å². The standard InChI is InChI=1S/C13H14O2S/c1-2-3-4-9-16-12-7-5-11(6-8-12)10-13(14)15/h5-8H,4,9-10H2,1H3,(H,14,15). The highest BCUT2D eigenvalue weighted by atomic mass is 32.2. The van der Waals surface area contributed by atoms with Gasteiger partial charge in [0, 0.05) is 17.1 Å². The summed E-state index contributed by atoms with van der Waals surface area (Å²) in [6, 6.07) is 7.65. The molecule has 0 amide bonds. The minimum Gasteiger partial charge on any atom is -0.481 e. The lowest BCUT2D eigenvalue weighted by atomic mass is 10.2. The van der Waals surface area contributed by atoms with E-state index in [1.165, 1.54) is 0 Å². The van der Waals surface area contributed by atoms with Crippen LogP contribution in [-0.4, -0.2) is 16.8 Å². The number of rotatable bonds is 5. The zero-order chi connectivity index (χ0) is 11.8. The Morgan fingerprint density at radius 1 is 1.38 bits per heavy atom. The Hall–Kier alpha value is -1.40. The Balaban J connectivity index is 2.43. The van der Waals surface area contributed by atoms with E-state index in [4.69, 9.17) is 5.11 Å². The average Bonchev–Trinajstić information content (AvgIpc) is 2.26. The number of aliphatic carboxylic acids is 1. The topological polar surface area (TPSA) is 37.3 Å². The molecule has 84 valence electrons. The Labute approximate surface area is 100 Å². The zero-order valence-electron chi connectivity index (χ0n) is 9.19. The molecule has 0 aliphatic carbocycles. The average molecular weight is 234 g/mol. The molecule has 0 saturated carbocycles. The molecule has 0 fully saturated rings. The second-order valence-corrected chi connectivity index (χ2v) is 4.41. The fraction of sp³-hybridized carbons (Fsp3) is 0.308. The van der Waals surface area contributed by atoms with E-state index in [2.05, 4.69) is 11.8 Å². The molecule has 3 heteroatoms. The molecular weight excluding hydrogens is 220 g/mol. The Kier molecular flexibility index (Phi) is 5.52. The molecule has 0 aromatic heterocycles. The quantitative estimate of drug-likeness (QED) is 0.483. The van der Waals surface area contributed by atoms with Crippen molar-refractivity contribution in [1.82, 2.24) is 0 Å². The molecular formula is C13H14O2S. The van der Waals surface area contributed by atoms with Gasteiger partial charge < -0.3 is 5.11 Å². The van der Waals surface area contributed by atoms with Gasteiger partial charge in [-0.3, -0.25) is 4.79 Å². The van der Waals surface area contributed by atoms with E-state index < -0.39 is 5.97 Å². The van der Waals surface area contributed by atoms with Gasteiger partial charge in [-0.2, -0.15) is 0 Å². The second-order valence-electron chi connectivity index (χ2n) is 3.24. The van der Waals surface area contributed by atoms with Gasteiger partial charge in [-0.05, 0) is 24.6 Å². The van der Waals surface area contributed by atoms with Crippen LogP contribution in [0.1, 0.15) is 18.9 Å². The first kappa shape index (κ1) is 12.7. The molecule has 0 bridgehead atoms. The molecule has 0 aliphatic heterocycles. The molecule has 0 aliphatic rings. The first-order chi connectivity index (χ1) is 7.72. The summed E-state index contributed by atoms with van der Waals surface area (Å²) in [5, 5.41) is 8.62. The van der Waals surface area contributed by atoms with Gasteiger partial charge in [-0.25, -0.2) is 0 Å². The molecule has 1 aromatic carbocycles. The molecule has 16 heavy (non-hydrogen) atoms. The van der Waals surface area contributed by atoms with Crippen LogP contribution in [0.4, 0.5) is 0 Å². The van der Waals surface area contributed by atoms with E-state index in [0.29, 0.717) is 0 Å². The highest BCUT2D eigenvalue weighted by molar-refractivity contribution is 7.99. The van der Waals surface area contributed by atoms with Crippen LogP contribution in [0.2, 0.25) is 0 Å². The molecule has 1 N–H and O–H groups in total. The lowest BCUT2D eigenvalue weighted by Gasteiger charge is -2.01. The van der Waals surface area contributed by atoms with E-state index in [9.17, 15) is 4.79 Å². The predicted molar refractivity (Wildman–Crippen MR) is 66.6 cm³/mol. The normalized spacial score (nSPS) is 9.31. The van der Waals surface area contributed by atoms with Crippen molar-refractivity contribution in [2.75, 3.05) is 5.75 Å². The zero-order valence-corrected chi connectivity index (χ0v) is 10.0. The number of hydrogen-bond donors (Lipinski definition) is 1. The summed E-state index contributed by atoms with van der Waals surface area (Å²) >= 11 is 1.74. The van der Waals surface area contributed by atoms with Crippen molar-refractivity contribution in [3.05, 3.63) is 29.8 Å². The first-order valence-electron chi connectivity index (χ1n) is 5.05. The molecule has 0 heterocycles. The van der Waals surface area contributed by atoms with Crippen LogP contribution in [0, 0.1) is 11.8 Å². The van der Waals surface area contributed by atoms with Gasteiger partial charge in [0.1, 0.15) is 0 Å². The maximum atomic E-state index is 10.5. The third kappa shape index (κ3) is 4.90. The Bertz CT molecular complexity index is 398. The fourth-order valence-electron chi connectivity index (χ4n) is 1.22. The summed E-state index contributed by atoms with van der Waals surface area (Å²) in [6.07, 6.45) is 0.976. The minimum absolute atomic E-state index is 0.0895. The largest absolute Gasteiger partial charge is 0.481 e. The summed E-state index contributed by atoms with van der Waals surface area (Å²) in [5.41, 5.74) is 0.838. The Morgan fingerprint density at radius 2 is 2.06 bits per heavy atom. The van der Waals surface area contributed by atoms with Crippen molar-refractivity contribution >= 4 is 17.7 Å². The number of carboxylic acids is 1. The highest BCUT2D eigenvalue weighted by Gasteiger charge is 2.00.